The van der Waals surface area contributed by atoms with E-state index in [1.54, 1.807) is 0 Å². The van der Waals surface area contributed by atoms with Crippen LogP contribution in [0.1, 0.15) is 47.0 Å². The van der Waals surface area contributed by atoms with E-state index in [1.807, 2.05) is 6.92 Å². The highest BCUT2D eigenvalue weighted by Gasteiger charge is 2.41. The minimum atomic E-state index is -0.419. The zero-order valence-electron chi connectivity index (χ0n) is 11.9. The van der Waals surface area contributed by atoms with Crippen LogP contribution in [0.2, 0.25) is 0 Å². The maximum absolute atomic E-state index is 11.2. The van der Waals surface area contributed by atoms with E-state index in [4.69, 9.17) is 14.6 Å². The smallest absolute Gasteiger partial charge is 0.303 e. The minimum absolute atomic E-state index is 0.0333. The summed E-state index contributed by atoms with van der Waals surface area (Å²) in [5.41, 5.74) is -0.419. The maximum Gasteiger partial charge on any atom is 0.303 e. The van der Waals surface area contributed by atoms with Gasteiger partial charge in [-0.15, -0.1) is 0 Å². The summed E-state index contributed by atoms with van der Waals surface area (Å²) in [6, 6.07) is 0. The van der Waals surface area contributed by atoms with Crippen molar-refractivity contribution in [3.05, 3.63) is 0 Å². The molecule has 1 saturated carbocycles. The second-order valence-electron chi connectivity index (χ2n) is 5.83. The van der Waals surface area contributed by atoms with E-state index in [9.17, 15) is 4.79 Å². The van der Waals surface area contributed by atoms with Crippen LogP contribution in [-0.4, -0.2) is 36.0 Å². The number of rotatable bonds is 5. The van der Waals surface area contributed by atoms with Gasteiger partial charge in [0, 0.05) is 13.3 Å². The third-order valence-corrected chi connectivity index (χ3v) is 3.79. The van der Waals surface area contributed by atoms with Crippen molar-refractivity contribution < 1.29 is 19.4 Å². The summed E-state index contributed by atoms with van der Waals surface area (Å²) in [7, 11) is 0. The van der Waals surface area contributed by atoms with Crippen molar-refractivity contribution in [1.82, 2.24) is 0 Å². The van der Waals surface area contributed by atoms with Gasteiger partial charge in [0.05, 0.1) is 19.3 Å². The lowest BCUT2D eigenvalue weighted by Gasteiger charge is -2.43. The number of esters is 1. The average molecular weight is 258 g/mol. The Kier molecular flexibility index (Phi) is 5.60. The van der Waals surface area contributed by atoms with Crippen molar-refractivity contribution in [2.24, 2.45) is 11.8 Å². The molecule has 3 unspecified atom stereocenters. The number of aliphatic hydroxyl groups is 1. The average Bonchev–Trinajstić information content (AvgIpc) is 2.24. The Bertz CT molecular complexity index is 277. The van der Waals surface area contributed by atoms with Crippen molar-refractivity contribution >= 4 is 5.97 Å². The van der Waals surface area contributed by atoms with Crippen LogP contribution in [0.25, 0.3) is 0 Å². The Morgan fingerprint density at radius 2 is 2.17 bits per heavy atom. The number of carbonyl (C=O) groups is 1. The molecule has 0 radical (unpaired) electrons. The van der Waals surface area contributed by atoms with Crippen molar-refractivity contribution in [2.75, 3.05) is 13.2 Å². The first-order valence-electron chi connectivity index (χ1n) is 6.80. The third kappa shape index (κ3) is 4.25. The normalized spacial score (nSPS) is 32.6. The number of hydrogen-bond donors (Lipinski definition) is 1. The third-order valence-electron chi connectivity index (χ3n) is 3.79. The maximum atomic E-state index is 11.2. The van der Waals surface area contributed by atoms with Crippen LogP contribution < -0.4 is 0 Å². The van der Waals surface area contributed by atoms with E-state index in [-0.39, 0.29) is 18.7 Å². The lowest BCUT2D eigenvalue weighted by molar-refractivity contribution is -0.169. The van der Waals surface area contributed by atoms with Gasteiger partial charge in [-0.1, -0.05) is 13.8 Å². The highest BCUT2D eigenvalue weighted by molar-refractivity contribution is 5.66. The number of carbonyl (C=O) groups excluding carboxylic acids is 1. The van der Waals surface area contributed by atoms with Gasteiger partial charge in [-0.25, -0.2) is 0 Å². The Hall–Kier alpha value is -0.610. The van der Waals surface area contributed by atoms with Crippen molar-refractivity contribution in [1.29, 1.82) is 0 Å². The largest absolute Gasteiger partial charge is 0.459 e. The molecule has 0 spiro atoms. The van der Waals surface area contributed by atoms with Gasteiger partial charge in [-0.2, -0.15) is 0 Å². The van der Waals surface area contributed by atoms with E-state index in [0.717, 1.165) is 19.3 Å². The molecule has 4 heteroatoms. The molecule has 0 aromatic carbocycles. The van der Waals surface area contributed by atoms with Crippen molar-refractivity contribution in [3.8, 4) is 0 Å². The predicted molar refractivity (Wildman–Crippen MR) is 69.2 cm³/mol. The summed E-state index contributed by atoms with van der Waals surface area (Å²) in [5.74, 6) is 0.775. The fourth-order valence-electron chi connectivity index (χ4n) is 2.93. The summed E-state index contributed by atoms with van der Waals surface area (Å²) in [4.78, 5) is 11.2. The van der Waals surface area contributed by atoms with Crippen molar-refractivity contribution in [3.63, 3.8) is 0 Å². The second-order valence-corrected chi connectivity index (χ2v) is 5.83. The SMILES string of the molecule is CC(=O)OC1(C)CCC(C(C)C)C(OCCO)C1. The number of hydrogen-bond acceptors (Lipinski definition) is 4. The molecule has 0 aliphatic heterocycles. The molecule has 3 atom stereocenters. The summed E-state index contributed by atoms with van der Waals surface area (Å²) in [6.45, 7) is 8.18. The molecule has 0 aromatic heterocycles. The Morgan fingerprint density at radius 3 is 2.67 bits per heavy atom. The Morgan fingerprint density at radius 1 is 1.50 bits per heavy atom. The van der Waals surface area contributed by atoms with Crippen LogP contribution in [0, 0.1) is 11.8 Å². The van der Waals surface area contributed by atoms with Crippen LogP contribution in [0.5, 0.6) is 0 Å². The molecular formula is C14H26O4. The molecule has 18 heavy (non-hydrogen) atoms. The van der Waals surface area contributed by atoms with Gasteiger partial charge in [0.1, 0.15) is 5.60 Å². The second kappa shape index (κ2) is 6.53. The quantitative estimate of drug-likeness (QED) is 0.768. The topological polar surface area (TPSA) is 55.8 Å². The fraction of sp³-hybridized carbons (Fsp3) is 0.929. The highest BCUT2D eigenvalue weighted by Crippen LogP contribution is 2.39. The molecule has 1 aliphatic rings. The number of ether oxygens (including phenoxy) is 2. The highest BCUT2D eigenvalue weighted by atomic mass is 16.6. The molecule has 0 amide bonds. The molecule has 0 heterocycles. The van der Waals surface area contributed by atoms with Gasteiger partial charge in [0.2, 0.25) is 0 Å². The van der Waals surface area contributed by atoms with E-state index in [1.165, 1.54) is 6.92 Å². The standard InChI is InChI=1S/C14H26O4/c1-10(2)12-5-6-14(4,18-11(3)16)9-13(12)17-8-7-15/h10,12-13,15H,5-9H2,1-4H3. The summed E-state index contributed by atoms with van der Waals surface area (Å²) >= 11 is 0. The molecule has 1 N–H and O–H groups in total. The van der Waals surface area contributed by atoms with E-state index in [2.05, 4.69) is 13.8 Å². The number of aliphatic hydroxyl groups excluding tert-OH is 1. The first-order valence-corrected chi connectivity index (χ1v) is 6.80. The monoisotopic (exact) mass is 258 g/mol. The van der Waals surface area contributed by atoms with E-state index < -0.39 is 5.60 Å². The molecule has 106 valence electrons. The lowest BCUT2D eigenvalue weighted by atomic mass is 9.73. The van der Waals surface area contributed by atoms with Gasteiger partial charge < -0.3 is 14.6 Å². The molecule has 1 rings (SSSR count). The molecule has 0 aromatic rings. The van der Waals surface area contributed by atoms with Gasteiger partial charge in [-0.05, 0) is 31.6 Å². The van der Waals surface area contributed by atoms with Gasteiger partial charge in [0.15, 0.2) is 0 Å². The fourth-order valence-corrected chi connectivity index (χ4v) is 2.93. The summed E-state index contributed by atoms with van der Waals surface area (Å²) in [5, 5.41) is 8.89. The Labute approximate surface area is 110 Å². The molecule has 4 nitrogen and oxygen atoms in total. The molecule has 1 aliphatic carbocycles. The molecule has 0 bridgehead atoms. The minimum Gasteiger partial charge on any atom is -0.459 e. The van der Waals surface area contributed by atoms with Gasteiger partial charge in [0.25, 0.3) is 0 Å². The van der Waals surface area contributed by atoms with Crippen LogP contribution in [0.4, 0.5) is 0 Å². The van der Waals surface area contributed by atoms with Gasteiger partial charge >= 0.3 is 5.97 Å². The van der Waals surface area contributed by atoms with Crippen LogP contribution in [-0.2, 0) is 14.3 Å². The van der Waals surface area contributed by atoms with Crippen molar-refractivity contribution in [2.45, 2.75) is 58.7 Å². The predicted octanol–water partition coefficient (Wildman–Crippen LogP) is 2.14. The first kappa shape index (κ1) is 15.4. The summed E-state index contributed by atoms with van der Waals surface area (Å²) < 4.78 is 11.2. The van der Waals surface area contributed by atoms with Crippen LogP contribution >= 0.6 is 0 Å². The van der Waals surface area contributed by atoms with E-state index >= 15 is 0 Å². The zero-order valence-corrected chi connectivity index (χ0v) is 11.9. The van der Waals surface area contributed by atoms with Crippen LogP contribution in [0.15, 0.2) is 0 Å². The van der Waals surface area contributed by atoms with Gasteiger partial charge in [-0.3, -0.25) is 4.79 Å². The zero-order chi connectivity index (χ0) is 13.8. The Balaban J connectivity index is 2.68. The molecular weight excluding hydrogens is 232 g/mol. The molecule has 1 fully saturated rings. The van der Waals surface area contributed by atoms with E-state index in [0.29, 0.717) is 18.4 Å². The first-order chi connectivity index (χ1) is 8.38. The van der Waals surface area contributed by atoms with Crippen LogP contribution in [0.3, 0.4) is 0 Å². The summed E-state index contributed by atoms with van der Waals surface area (Å²) in [6.07, 6.45) is 2.66. The molecule has 0 saturated heterocycles. The lowest BCUT2D eigenvalue weighted by Crippen LogP contribution is -2.45.